The van der Waals surface area contributed by atoms with Crippen LogP contribution in [0.25, 0.3) is 0 Å². The van der Waals surface area contributed by atoms with Crippen LogP contribution in [0.15, 0.2) is 72.8 Å². The molecular weight excluding hydrogens is 394 g/mol. The van der Waals surface area contributed by atoms with Gasteiger partial charge in [0.2, 0.25) is 0 Å². The number of likely N-dealkylation sites (N-methyl/N-ethyl adjacent to an activating group) is 1. The topological polar surface area (TPSA) is 19.0 Å². The lowest BCUT2D eigenvalue weighted by Crippen LogP contribution is -2.32. The summed E-state index contributed by atoms with van der Waals surface area (Å²) in [5.41, 5.74) is 6.47. The van der Waals surface area contributed by atoms with Gasteiger partial charge in [0.1, 0.15) is 12.4 Å². The van der Waals surface area contributed by atoms with Gasteiger partial charge in [0.05, 0.1) is 5.69 Å². The van der Waals surface area contributed by atoms with Gasteiger partial charge in [0, 0.05) is 49.7 Å². The van der Waals surface area contributed by atoms with E-state index in [2.05, 4.69) is 94.5 Å². The lowest BCUT2D eigenvalue weighted by molar-refractivity contribution is 0.310. The first-order valence-corrected chi connectivity index (χ1v) is 11.9. The lowest BCUT2D eigenvalue weighted by Gasteiger charge is -2.28. The molecule has 1 saturated heterocycles. The minimum atomic E-state index is 0.618. The van der Waals surface area contributed by atoms with Crippen LogP contribution in [0.3, 0.4) is 0 Å². The smallest absolute Gasteiger partial charge is 0.143 e. The SMILES string of the molecule is CN(CCc1cccc(N2CCCC2)c1)CCN1c2ccccc2COc2ccccc21. The fraction of sp³-hybridized carbons (Fsp3) is 0.357. The average Bonchev–Trinajstić information content (AvgIpc) is 3.33. The highest BCUT2D eigenvalue weighted by molar-refractivity contribution is 5.72. The van der Waals surface area contributed by atoms with Gasteiger partial charge in [-0.2, -0.15) is 0 Å². The summed E-state index contributed by atoms with van der Waals surface area (Å²) < 4.78 is 6.11. The molecule has 166 valence electrons. The molecule has 2 aliphatic rings. The van der Waals surface area contributed by atoms with E-state index in [1.807, 2.05) is 0 Å². The number of hydrogen-bond acceptors (Lipinski definition) is 4. The summed E-state index contributed by atoms with van der Waals surface area (Å²) in [5.74, 6) is 0.963. The summed E-state index contributed by atoms with van der Waals surface area (Å²) in [6.45, 7) is 6.00. The molecule has 0 unspecified atom stereocenters. The second kappa shape index (κ2) is 9.66. The maximum atomic E-state index is 6.11. The van der Waals surface area contributed by atoms with Gasteiger partial charge in [-0.15, -0.1) is 0 Å². The summed E-state index contributed by atoms with van der Waals surface area (Å²) in [5, 5.41) is 0. The Morgan fingerprint density at radius 2 is 1.62 bits per heavy atom. The Balaban J connectivity index is 1.24. The van der Waals surface area contributed by atoms with E-state index in [-0.39, 0.29) is 0 Å². The van der Waals surface area contributed by atoms with Gasteiger partial charge < -0.3 is 19.4 Å². The van der Waals surface area contributed by atoms with Gasteiger partial charge in [-0.3, -0.25) is 0 Å². The van der Waals surface area contributed by atoms with E-state index in [9.17, 15) is 0 Å². The maximum absolute atomic E-state index is 6.11. The second-order valence-electron chi connectivity index (χ2n) is 8.95. The van der Waals surface area contributed by atoms with Gasteiger partial charge in [-0.1, -0.05) is 42.5 Å². The van der Waals surface area contributed by atoms with Crippen LogP contribution in [0.1, 0.15) is 24.0 Å². The molecule has 3 aromatic carbocycles. The molecular formula is C28H33N3O. The van der Waals surface area contributed by atoms with E-state index in [1.165, 1.54) is 48.4 Å². The standard InChI is InChI=1S/C28H33N3O/c1-29(18-15-23-9-8-11-25(21-23)30-16-6-7-17-30)19-20-31-26-12-3-2-10-24(26)22-32-28-14-5-4-13-27(28)31/h2-5,8-14,21H,6-7,15-20,22H2,1H3. The van der Waals surface area contributed by atoms with Crippen LogP contribution in [0, 0.1) is 0 Å². The fourth-order valence-corrected chi connectivity index (χ4v) is 4.81. The van der Waals surface area contributed by atoms with E-state index >= 15 is 0 Å². The highest BCUT2D eigenvalue weighted by atomic mass is 16.5. The van der Waals surface area contributed by atoms with Crippen molar-refractivity contribution in [1.29, 1.82) is 0 Å². The minimum absolute atomic E-state index is 0.618. The molecule has 2 heterocycles. The van der Waals surface area contributed by atoms with Gasteiger partial charge in [0.15, 0.2) is 0 Å². The van der Waals surface area contributed by atoms with Crippen LogP contribution in [0.2, 0.25) is 0 Å². The summed E-state index contributed by atoms with van der Waals surface area (Å²) >= 11 is 0. The molecule has 4 heteroatoms. The zero-order valence-corrected chi connectivity index (χ0v) is 19.0. The molecule has 0 amide bonds. The Kier molecular flexibility index (Phi) is 6.31. The van der Waals surface area contributed by atoms with Crippen LogP contribution < -0.4 is 14.5 Å². The highest BCUT2D eigenvalue weighted by Gasteiger charge is 2.21. The Hall–Kier alpha value is -2.98. The van der Waals surface area contributed by atoms with Gasteiger partial charge in [-0.05, 0) is 62.2 Å². The predicted molar refractivity (Wildman–Crippen MR) is 133 cm³/mol. The Bertz CT molecular complexity index is 997. The van der Waals surface area contributed by atoms with Crippen molar-refractivity contribution in [2.75, 3.05) is 49.6 Å². The normalized spacial score (nSPS) is 15.3. The third kappa shape index (κ3) is 4.61. The van der Waals surface area contributed by atoms with Crippen molar-refractivity contribution in [2.45, 2.75) is 25.9 Å². The first-order valence-electron chi connectivity index (χ1n) is 11.9. The first-order chi connectivity index (χ1) is 15.8. The first kappa shape index (κ1) is 20.9. The minimum Gasteiger partial charge on any atom is -0.487 e. The number of ether oxygens (including phenoxy) is 1. The predicted octanol–water partition coefficient (Wildman–Crippen LogP) is 5.49. The van der Waals surface area contributed by atoms with Crippen molar-refractivity contribution in [3.05, 3.63) is 83.9 Å². The molecule has 0 atom stereocenters. The van der Waals surface area contributed by atoms with Gasteiger partial charge in [-0.25, -0.2) is 0 Å². The molecule has 1 fully saturated rings. The average molecular weight is 428 g/mol. The molecule has 5 rings (SSSR count). The molecule has 0 radical (unpaired) electrons. The summed E-state index contributed by atoms with van der Waals surface area (Å²) in [6.07, 6.45) is 3.72. The Morgan fingerprint density at radius 1 is 0.844 bits per heavy atom. The van der Waals surface area contributed by atoms with Crippen LogP contribution in [-0.4, -0.2) is 44.7 Å². The summed E-state index contributed by atoms with van der Waals surface area (Å²) in [4.78, 5) is 7.38. The third-order valence-electron chi connectivity index (χ3n) is 6.69. The summed E-state index contributed by atoms with van der Waals surface area (Å²) in [6, 6.07) is 26.1. The number of rotatable bonds is 7. The van der Waals surface area contributed by atoms with Gasteiger partial charge >= 0.3 is 0 Å². The van der Waals surface area contributed by atoms with Crippen molar-refractivity contribution >= 4 is 17.1 Å². The molecule has 0 aromatic heterocycles. The monoisotopic (exact) mass is 427 g/mol. The van der Waals surface area contributed by atoms with Gasteiger partial charge in [0.25, 0.3) is 0 Å². The van der Waals surface area contributed by atoms with E-state index in [1.54, 1.807) is 0 Å². The van der Waals surface area contributed by atoms with Crippen molar-refractivity contribution in [2.24, 2.45) is 0 Å². The number of hydrogen-bond donors (Lipinski definition) is 0. The van der Waals surface area contributed by atoms with Crippen LogP contribution in [0.5, 0.6) is 5.75 Å². The molecule has 0 N–H and O–H groups in total. The van der Waals surface area contributed by atoms with E-state index < -0.39 is 0 Å². The zero-order chi connectivity index (χ0) is 21.8. The molecule has 2 aliphatic heterocycles. The van der Waals surface area contributed by atoms with Crippen molar-refractivity contribution in [3.63, 3.8) is 0 Å². The van der Waals surface area contributed by atoms with E-state index in [0.717, 1.165) is 37.5 Å². The van der Waals surface area contributed by atoms with Crippen molar-refractivity contribution < 1.29 is 4.74 Å². The van der Waals surface area contributed by atoms with Crippen LogP contribution >= 0.6 is 0 Å². The van der Waals surface area contributed by atoms with Crippen LogP contribution in [-0.2, 0) is 13.0 Å². The number of benzene rings is 3. The Labute approximate surface area is 192 Å². The number of para-hydroxylation sites is 3. The molecule has 32 heavy (non-hydrogen) atoms. The van der Waals surface area contributed by atoms with Crippen molar-refractivity contribution in [1.82, 2.24) is 4.90 Å². The zero-order valence-electron chi connectivity index (χ0n) is 19.0. The van der Waals surface area contributed by atoms with E-state index in [0.29, 0.717) is 6.61 Å². The number of nitrogens with zero attached hydrogens (tertiary/aromatic N) is 3. The molecule has 3 aromatic rings. The highest BCUT2D eigenvalue weighted by Crippen LogP contribution is 2.38. The Morgan fingerprint density at radius 3 is 2.50 bits per heavy atom. The molecule has 0 saturated carbocycles. The molecule has 4 nitrogen and oxygen atoms in total. The number of fused-ring (bicyclic) bond motifs is 2. The lowest BCUT2D eigenvalue weighted by atomic mass is 10.1. The maximum Gasteiger partial charge on any atom is 0.143 e. The number of anilines is 3. The third-order valence-corrected chi connectivity index (χ3v) is 6.69. The quantitative estimate of drug-likeness (QED) is 0.496. The summed E-state index contributed by atoms with van der Waals surface area (Å²) in [7, 11) is 2.23. The molecule has 0 spiro atoms. The second-order valence-corrected chi connectivity index (χ2v) is 8.95. The van der Waals surface area contributed by atoms with Crippen LogP contribution in [0.4, 0.5) is 17.1 Å². The molecule has 0 bridgehead atoms. The molecule has 0 aliphatic carbocycles. The van der Waals surface area contributed by atoms with Crippen molar-refractivity contribution in [3.8, 4) is 5.75 Å². The largest absolute Gasteiger partial charge is 0.487 e. The van der Waals surface area contributed by atoms with E-state index in [4.69, 9.17) is 4.74 Å². The fourth-order valence-electron chi connectivity index (χ4n) is 4.81.